The van der Waals surface area contributed by atoms with Crippen LogP contribution in [-0.2, 0) is 16.0 Å². The van der Waals surface area contributed by atoms with Crippen molar-refractivity contribution in [1.82, 2.24) is 0 Å². The minimum Gasteiger partial charge on any atom is -0.372 e. The molecule has 0 heterocycles. The Morgan fingerprint density at radius 2 is 1.94 bits per heavy atom. The van der Waals surface area contributed by atoms with Crippen molar-refractivity contribution in [3.05, 3.63) is 35.4 Å². The lowest BCUT2D eigenvalue weighted by atomic mass is 10.1. The standard InChI is InChI=1S/C11H13F2NO2/c12-10-2-1-3-11(13)9(10)6-8(15)7-16-5-4-14/h1-3H,4-7,14H2. The maximum absolute atomic E-state index is 13.1. The van der Waals surface area contributed by atoms with E-state index in [2.05, 4.69) is 0 Å². The van der Waals surface area contributed by atoms with E-state index in [4.69, 9.17) is 10.5 Å². The molecule has 0 aromatic heterocycles. The molecule has 0 radical (unpaired) electrons. The average Bonchev–Trinajstić information content (AvgIpc) is 2.24. The van der Waals surface area contributed by atoms with Gasteiger partial charge in [-0.05, 0) is 12.1 Å². The highest BCUT2D eigenvalue weighted by Crippen LogP contribution is 2.12. The first-order valence-electron chi connectivity index (χ1n) is 4.87. The van der Waals surface area contributed by atoms with E-state index in [1.165, 1.54) is 6.07 Å². The van der Waals surface area contributed by atoms with Gasteiger partial charge in [-0.3, -0.25) is 4.79 Å². The summed E-state index contributed by atoms with van der Waals surface area (Å²) in [6, 6.07) is 3.49. The van der Waals surface area contributed by atoms with E-state index >= 15 is 0 Å². The topological polar surface area (TPSA) is 52.3 Å². The molecule has 0 atom stereocenters. The largest absolute Gasteiger partial charge is 0.372 e. The van der Waals surface area contributed by atoms with Gasteiger partial charge in [0, 0.05) is 18.5 Å². The minimum absolute atomic E-state index is 0.176. The number of nitrogens with two attached hydrogens (primary N) is 1. The van der Waals surface area contributed by atoms with Crippen LogP contribution >= 0.6 is 0 Å². The Morgan fingerprint density at radius 3 is 2.50 bits per heavy atom. The third-order valence-corrected chi connectivity index (χ3v) is 1.96. The second-order valence-corrected chi connectivity index (χ2v) is 3.26. The molecule has 2 N–H and O–H groups in total. The number of Topliss-reactive ketones (excluding diaryl/α,β-unsaturated/α-hetero) is 1. The van der Waals surface area contributed by atoms with E-state index in [-0.39, 0.29) is 31.0 Å². The lowest BCUT2D eigenvalue weighted by Gasteiger charge is -2.04. The van der Waals surface area contributed by atoms with Gasteiger partial charge in [-0.15, -0.1) is 0 Å². The van der Waals surface area contributed by atoms with E-state index in [9.17, 15) is 13.6 Å². The van der Waals surface area contributed by atoms with Crippen molar-refractivity contribution in [3.8, 4) is 0 Å². The normalized spacial score (nSPS) is 10.4. The summed E-state index contributed by atoms with van der Waals surface area (Å²) in [6.07, 6.45) is -0.303. The molecule has 0 aliphatic rings. The molecular weight excluding hydrogens is 216 g/mol. The predicted molar refractivity (Wildman–Crippen MR) is 54.9 cm³/mol. The van der Waals surface area contributed by atoms with Gasteiger partial charge in [0.25, 0.3) is 0 Å². The van der Waals surface area contributed by atoms with Crippen LogP contribution in [0.25, 0.3) is 0 Å². The van der Waals surface area contributed by atoms with Crippen molar-refractivity contribution in [2.24, 2.45) is 5.73 Å². The van der Waals surface area contributed by atoms with Crippen molar-refractivity contribution in [2.75, 3.05) is 19.8 Å². The molecule has 5 heteroatoms. The van der Waals surface area contributed by atoms with Crippen LogP contribution in [0, 0.1) is 11.6 Å². The molecule has 0 spiro atoms. The summed E-state index contributed by atoms with van der Waals surface area (Å²) in [7, 11) is 0. The summed E-state index contributed by atoms with van der Waals surface area (Å²) in [4.78, 5) is 11.3. The highest BCUT2D eigenvalue weighted by Gasteiger charge is 2.12. The Hall–Kier alpha value is -1.33. The molecular formula is C11H13F2NO2. The summed E-state index contributed by atoms with van der Waals surface area (Å²) < 4.78 is 31.2. The van der Waals surface area contributed by atoms with Crippen LogP contribution in [0.3, 0.4) is 0 Å². The van der Waals surface area contributed by atoms with Gasteiger partial charge in [-0.25, -0.2) is 8.78 Å². The number of rotatable bonds is 6. The zero-order valence-electron chi connectivity index (χ0n) is 8.71. The zero-order valence-corrected chi connectivity index (χ0v) is 8.71. The van der Waals surface area contributed by atoms with Crippen molar-refractivity contribution in [2.45, 2.75) is 6.42 Å². The van der Waals surface area contributed by atoms with Crippen LogP contribution in [0.15, 0.2) is 18.2 Å². The number of carbonyl (C=O) groups excluding carboxylic acids is 1. The third kappa shape index (κ3) is 3.67. The molecule has 88 valence electrons. The molecule has 16 heavy (non-hydrogen) atoms. The summed E-state index contributed by atoms with van der Waals surface area (Å²) in [5, 5.41) is 0. The maximum Gasteiger partial charge on any atom is 0.163 e. The predicted octanol–water partition coefficient (Wildman–Crippen LogP) is 1.05. The van der Waals surface area contributed by atoms with Gasteiger partial charge in [0.05, 0.1) is 6.61 Å². The smallest absolute Gasteiger partial charge is 0.163 e. The van der Waals surface area contributed by atoms with E-state index in [1.54, 1.807) is 0 Å². The number of hydrogen-bond acceptors (Lipinski definition) is 3. The minimum atomic E-state index is -0.716. The van der Waals surface area contributed by atoms with Gasteiger partial charge in [0.2, 0.25) is 0 Å². The summed E-state index contributed by atoms with van der Waals surface area (Å²) in [5.41, 5.74) is 4.94. The highest BCUT2D eigenvalue weighted by molar-refractivity contribution is 5.82. The van der Waals surface area contributed by atoms with Crippen molar-refractivity contribution in [1.29, 1.82) is 0 Å². The quantitative estimate of drug-likeness (QED) is 0.742. The maximum atomic E-state index is 13.1. The first-order chi connectivity index (χ1) is 7.65. The molecule has 0 aliphatic heterocycles. The number of halogens is 2. The monoisotopic (exact) mass is 229 g/mol. The van der Waals surface area contributed by atoms with Gasteiger partial charge >= 0.3 is 0 Å². The van der Waals surface area contributed by atoms with Gasteiger partial charge in [0.1, 0.15) is 18.2 Å². The molecule has 0 bridgehead atoms. The first kappa shape index (κ1) is 12.7. The summed E-state index contributed by atoms with van der Waals surface area (Å²) >= 11 is 0. The molecule has 0 saturated carbocycles. The van der Waals surface area contributed by atoms with Gasteiger partial charge in [0.15, 0.2) is 5.78 Å². The van der Waals surface area contributed by atoms with E-state index in [0.717, 1.165) is 12.1 Å². The Balaban J connectivity index is 2.56. The molecule has 3 nitrogen and oxygen atoms in total. The van der Waals surface area contributed by atoms with Crippen LogP contribution < -0.4 is 5.73 Å². The van der Waals surface area contributed by atoms with Crippen LogP contribution in [0.2, 0.25) is 0 Å². The molecule has 1 aromatic rings. The fraction of sp³-hybridized carbons (Fsp3) is 0.364. The molecule has 1 aromatic carbocycles. The van der Waals surface area contributed by atoms with Crippen LogP contribution in [-0.4, -0.2) is 25.5 Å². The van der Waals surface area contributed by atoms with E-state index < -0.39 is 11.6 Å². The molecule has 0 fully saturated rings. The lowest BCUT2D eigenvalue weighted by molar-refractivity contribution is -0.122. The van der Waals surface area contributed by atoms with Crippen LogP contribution in [0.4, 0.5) is 8.78 Å². The van der Waals surface area contributed by atoms with E-state index in [0.29, 0.717) is 6.54 Å². The fourth-order valence-electron chi connectivity index (χ4n) is 1.22. The second kappa shape index (κ2) is 6.30. The lowest BCUT2D eigenvalue weighted by Crippen LogP contribution is -2.17. The first-order valence-corrected chi connectivity index (χ1v) is 4.87. The number of carbonyl (C=O) groups is 1. The van der Waals surface area contributed by atoms with Crippen LogP contribution in [0.1, 0.15) is 5.56 Å². The Kier molecular flexibility index (Phi) is 5.01. The average molecular weight is 229 g/mol. The van der Waals surface area contributed by atoms with Crippen molar-refractivity contribution < 1.29 is 18.3 Å². The second-order valence-electron chi connectivity index (χ2n) is 3.26. The molecule has 0 aliphatic carbocycles. The highest BCUT2D eigenvalue weighted by atomic mass is 19.1. The number of ketones is 1. The van der Waals surface area contributed by atoms with Gasteiger partial charge in [-0.2, -0.15) is 0 Å². The third-order valence-electron chi connectivity index (χ3n) is 1.96. The fourth-order valence-corrected chi connectivity index (χ4v) is 1.22. The molecule has 0 amide bonds. The molecule has 0 unspecified atom stereocenters. The van der Waals surface area contributed by atoms with Crippen molar-refractivity contribution in [3.63, 3.8) is 0 Å². The van der Waals surface area contributed by atoms with E-state index in [1.807, 2.05) is 0 Å². The number of ether oxygens (including phenoxy) is 1. The Morgan fingerprint density at radius 1 is 1.31 bits per heavy atom. The van der Waals surface area contributed by atoms with Crippen LogP contribution in [0.5, 0.6) is 0 Å². The summed E-state index contributed by atoms with van der Waals surface area (Å²) in [6.45, 7) is 0.387. The zero-order chi connectivity index (χ0) is 12.0. The number of hydrogen-bond donors (Lipinski definition) is 1. The van der Waals surface area contributed by atoms with Crippen molar-refractivity contribution >= 4 is 5.78 Å². The summed E-state index contributed by atoms with van der Waals surface area (Å²) in [5.74, 6) is -1.81. The Bertz CT molecular complexity index is 349. The number of benzene rings is 1. The molecule has 0 saturated heterocycles. The molecule has 1 rings (SSSR count). The Labute approximate surface area is 92.2 Å². The van der Waals surface area contributed by atoms with Gasteiger partial charge < -0.3 is 10.5 Å². The SMILES string of the molecule is NCCOCC(=O)Cc1c(F)cccc1F. The van der Waals surface area contributed by atoms with Gasteiger partial charge in [-0.1, -0.05) is 6.07 Å².